The van der Waals surface area contributed by atoms with E-state index in [0.29, 0.717) is 24.8 Å². The maximum Gasteiger partial charge on any atom is 0.500 e. The van der Waals surface area contributed by atoms with Crippen molar-refractivity contribution in [2.45, 2.75) is 32.4 Å². The molecule has 1 atom stereocenters. The zero-order valence-corrected chi connectivity index (χ0v) is 21.0. The zero-order chi connectivity index (χ0) is 24.5. The van der Waals surface area contributed by atoms with Gasteiger partial charge in [0.05, 0.1) is 30.8 Å². The summed E-state index contributed by atoms with van der Waals surface area (Å²) >= 11 is 0. The molecule has 0 spiro atoms. The van der Waals surface area contributed by atoms with E-state index < -0.39 is 25.9 Å². The number of hydrogen-bond acceptors (Lipinski definition) is 9. The van der Waals surface area contributed by atoms with Gasteiger partial charge in [0.25, 0.3) is 5.69 Å². The Morgan fingerprint density at radius 3 is 2.03 bits per heavy atom. The van der Waals surface area contributed by atoms with Crippen LogP contribution in [0.1, 0.15) is 31.9 Å². The molecule has 32 heavy (non-hydrogen) atoms. The third-order valence-electron chi connectivity index (χ3n) is 5.09. The molecule has 1 amide bonds. The molecule has 0 aliphatic rings. The molecule has 0 N–H and O–H groups in total. The number of carbonyl (C=O) groups excluding carboxylic acids is 1. The van der Waals surface area contributed by atoms with Crippen molar-refractivity contribution in [1.29, 1.82) is 0 Å². The van der Waals surface area contributed by atoms with E-state index in [1.165, 1.54) is 52.6 Å². The molecule has 1 aromatic rings. The second-order valence-electron chi connectivity index (χ2n) is 7.39. The topological polar surface area (TPSA) is 119 Å². The summed E-state index contributed by atoms with van der Waals surface area (Å²) in [7, 11) is 6.26. The van der Waals surface area contributed by atoms with Crippen molar-refractivity contribution in [2.75, 3.05) is 49.1 Å². The number of nitro benzene ring substituents is 1. The smallest absolute Gasteiger partial charge is 0.493 e. The predicted molar refractivity (Wildman–Crippen MR) is 119 cm³/mol. The fraction of sp³-hybridized carbons (Fsp3) is 0.650. The van der Waals surface area contributed by atoms with E-state index >= 15 is 0 Å². The van der Waals surface area contributed by atoms with Gasteiger partial charge in [-0.15, -0.1) is 0 Å². The number of amides is 1. The highest BCUT2D eigenvalue weighted by Gasteiger charge is 2.37. The molecule has 0 aliphatic heterocycles. The molecule has 0 saturated carbocycles. The summed E-state index contributed by atoms with van der Waals surface area (Å²) < 4.78 is 32.3. The van der Waals surface area contributed by atoms with Crippen LogP contribution in [0.2, 0.25) is 6.04 Å². The molecule has 0 radical (unpaired) electrons. The van der Waals surface area contributed by atoms with Gasteiger partial charge in [-0.3, -0.25) is 10.1 Å². The van der Waals surface area contributed by atoms with Gasteiger partial charge in [-0.1, -0.05) is 13.8 Å². The Balaban J connectivity index is 3.04. The van der Waals surface area contributed by atoms with E-state index in [2.05, 4.69) is 0 Å². The quantitative estimate of drug-likeness (QED) is 0.240. The van der Waals surface area contributed by atoms with Crippen LogP contribution in [0, 0.1) is 16.0 Å². The third kappa shape index (κ3) is 6.79. The molecular weight excluding hydrogens is 440 g/mol. The first-order valence-corrected chi connectivity index (χ1v) is 12.0. The van der Waals surface area contributed by atoms with Crippen LogP contribution >= 0.6 is 0 Å². The SMILES string of the molecule is COc1cc(C(OC(=O)N(C)CCC[Si](OC)(OC)OC)C(C)C)c([N+](=O)[O-])cc1OC. The Bertz CT molecular complexity index is 763. The highest BCUT2D eigenvalue weighted by atomic mass is 28.4. The van der Waals surface area contributed by atoms with Crippen LogP contribution in [-0.4, -0.2) is 73.9 Å². The molecular formula is C20H34N2O9Si. The van der Waals surface area contributed by atoms with Crippen molar-refractivity contribution in [3.05, 3.63) is 27.8 Å². The first-order chi connectivity index (χ1) is 15.1. The van der Waals surface area contributed by atoms with Gasteiger partial charge in [-0.05, 0) is 18.4 Å². The largest absolute Gasteiger partial charge is 0.500 e. The summed E-state index contributed by atoms with van der Waals surface area (Å²) in [6, 6.07) is 3.26. The summed E-state index contributed by atoms with van der Waals surface area (Å²) in [4.78, 5) is 25.3. The maximum absolute atomic E-state index is 12.7. The molecule has 1 rings (SSSR count). The number of rotatable bonds is 13. The Kier molecular flexibility index (Phi) is 10.9. The van der Waals surface area contributed by atoms with Crippen LogP contribution in [-0.2, 0) is 18.0 Å². The minimum Gasteiger partial charge on any atom is -0.493 e. The molecule has 1 unspecified atom stereocenters. The fourth-order valence-corrected chi connectivity index (χ4v) is 4.91. The lowest BCUT2D eigenvalue weighted by atomic mass is 9.96. The Morgan fingerprint density at radius 2 is 1.59 bits per heavy atom. The van der Waals surface area contributed by atoms with Crippen molar-refractivity contribution in [3.63, 3.8) is 0 Å². The van der Waals surface area contributed by atoms with Gasteiger partial charge in [-0.25, -0.2) is 4.79 Å². The number of nitro groups is 1. The second kappa shape index (κ2) is 12.6. The monoisotopic (exact) mass is 474 g/mol. The van der Waals surface area contributed by atoms with Crippen LogP contribution < -0.4 is 9.47 Å². The van der Waals surface area contributed by atoms with Crippen molar-refractivity contribution in [3.8, 4) is 11.5 Å². The minimum absolute atomic E-state index is 0.215. The lowest BCUT2D eigenvalue weighted by molar-refractivity contribution is -0.386. The second-order valence-corrected chi connectivity index (χ2v) is 10.5. The molecule has 0 heterocycles. The van der Waals surface area contributed by atoms with Gasteiger partial charge in [0, 0.05) is 41.0 Å². The molecule has 11 nitrogen and oxygen atoms in total. The van der Waals surface area contributed by atoms with E-state index in [1.54, 1.807) is 7.05 Å². The first-order valence-electron chi connectivity index (χ1n) is 10.1. The third-order valence-corrected chi connectivity index (χ3v) is 7.92. The van der Waals surface area contributed by atoms with Crippen LogP contribution in [0.25, 0.3) is 0 Å². The number of methoxy groups -OCH3 is 2. The summed E-state index contributed by atoms with van der Waals surface area (Å²) in [5.74, 6) is 0.291. The first kappa shape index (κ1) is 27.6. The van der Waals surface area contributed by atoms with Crippen LogP contribution in [0.5, 0.6) is 11.5 Å². The Hall–Kier alpha value is -2.41. The normalized spacial score (nSPS) is 12.4. The van der Waals surface area contributed by atoms with Crippen molar-refractivity contribution in [2.24, 2.45) is 5.92 Å². The summed E-state index contributed by atoms with van der Waals surface area (Å²) in [6.45, 7) is 3.99. The van der Waals surface area contributed by atoms with Gasteiger partial charge >= 0.3 is 14.9 Å². The average Bonchev–Trinajstić information content (AvgIpc) is 2.79. The zero-order valence-electron chi connectivity index (χ0n) is 20.0. The van der Waals surface area contributed by atoms with Crippen LogP contribution in [0.3, 0.4) is 0 Å². The van der Waals surface area contributed by atoms with E-state index in [9.17, 15) is 14.9 Å². The standard InChI is InChI=1S/C20H34N2O9Si/c1-14(2)19(15-12-17(26-4)18(27-5)13-16(15)22(24)25)31-20(23)21(3)10-9-11-32(28-6,29-7)30-8/h12-14,19H,9-11H2,1-8H3. The highest BCUT2D eigenvalue weighted by molar-refractivity contribution is 6.60. The predicted octanol–water partition coefficient (Wildman–Crippen LogP) is 3.65. The molecule has 0 fully saturated rings. The number of nitrogens with zero attached hydrogens (tertiary/aromatic N) is 2. The van der Waals surface area contributed by atoms with Gasteiger partial charge < -0.3 is 32.4 Å². The molecule has 12 heteroatoms. The highest BCUT2D eigenvalue weighted by Crippen LogP contribution is 2.40. The summed E-state index contributed by atoms with van der Waals surface area (Å²) in [6.07, 6.45) is -0.904. The molecule has 0 aliphatic carbocycles. The van der Waals surface area contributed by atoms with Gasteiger partial charge in [0.1, 0.15) is 6.10 Å². The van der Waals surface area contributed by atoms with Crippen LogP contribution in [0.15, 0.2) is 12.1 Å². The lowest BCUT2D eigenvalue weighted by Crippen LogP contribution is -2.43. The Morgan fingerprint density at radius 1 is 1.06 bits per heavy atom. The molecule has 0 saturated heterocycles. The lowest BCUT2D eigenvalue weighted by Gasteiger charge is -2.27. The number of ether oxygens (including phenoxy) is 3. The molecule has 1 aromatic carbocycles. The number of carbonyl (C=O) groups is 1. The Labute approximate surface area is 190 Å². The molecule has 182 valence electrons. The van der Waals surface area contributed by atoms with E-state index in [0.717, 1.165) is 0 Å². The summed E-state index contributed by atoms with van der Waals surface area (Å²) in [5, 5.41) is 11.7. The molecule has 0 bridgehead atoms. The molecule has 0 aromatic heterocycles. The number of hydrogen-bond donors (Lipinski definition) is 0. The van der Waals surface area contributed by atoms with E-state index in [4.69, 9.17) is 27.5 Å². The average molecular weight is 475 g/mol. The van der Waals surface area contributed by atoms with Gasteiger partial charge in [-0.2, -0.15) is 0 Å². The fourth-order valence-electron chi connectivity index (χ4n) is 3.21. The van der Waals surface area contributed by atoms with Crippen molar-refractivity contribution in [1.82, 2.24) is 4.90 Å². The minimum atomic E-state index is -2.74. The van der Waals surface area contributed by atoms with Crippen molar-refractivity contribution < 1.29 is 37.2 Å². The van der Waals surface area contributed by atoms with E-state index in [1.807, 2.05) is 13.8 Å². The van der Waals surface area contributed by atoms with Crippen molar-refractivity contribution >= 4 is 20.6 Å². The maximum atomic E-state index is 12.7. The van der Waals surface area contributed by atoms with E-state index in [-0.39, 0.29) is 22.9 Å². The van der Waals surface area contributed by atoms with Crippen LogP contribution in [0.4, 0.5) is 10.5 Å². The van der Waals surface area contributed by atoms with Gasteiger partial charge in [0.15, 0.2) is 11.5 Å². The van der Waals surface area contributed by atoms with Gasteiger partial charge in [0.2, 0.25) is 0 Å². The number of benzene rings is 1. The summed E-state index contributed by atoms with van der Waals surface area (Å²) in [5.41, 5.74) is 0.0156.